The molecule has 0 aliphatic heterocycles. The molecular weight excluding hydrogens is 338 g/mol. The van der Waals surface area contributed by atoms with Gasteiger partial charge >= 0.3 is 0 Å². The van der Waals surface area contributed by atoms with Crippen LogP contribution >= 0.6 is 0 Å². The predicted molar refractivity (Wildman–Crippen MR) is 92.3 cm³/mol. The first-order valence-electron chi connectivity index (χ1n) is 7.79. The highest BCUT2D eigenvalue weighted by molar-refractivity contribution is 5.57. The van der Waals surface area contributed by atoms with Crippen LogP contribution in [0.25, 0.3) is 22.8 Å². The molecule has 2 heterocycles. The van der Waals surface area contributed by atoms with Crippen molar-refractivity contribution in [2.75, 3.05) is 0 Å². The van der Waals surface area contributed by atoms with Crippen molar-refractivity contribution in [2.24, 2.45) is 0 Å². The second kappa shape index (κ2) is 6.36. The van der Waals surface area contributed by atoms with E-state index >= 15 is 0 Å². The standard InChI is InChI=1S/C19H12F2N4O/c20-13-6-7-15(21)17(12-13)24-11-9-18(26)19(23-24)16-8-10-22-25(16)14-4-2-1-3-5-14/h1-12H. The Balaban J connectivity index is 1.88. The van der Waals surface area contributed by atoms with Gasteiger partial charge in [0.15, 0.2) is 5.69 Å². The van der Waals surface area contributed by atoms with Crippen molar-refractivity contribution in [1.29, 1.82) is 0 Å². The monoisotopic (exact) mass is 350 g/mol. The maximum atomic E-state index is 14.1. The summed E-state index contributed by atoms with van der Waals surface area (Å²) in [6.45, 7) is 0. The Morgan fingerprint density at radius 2 is 1.73 bits per heavy atom. The minimum atomic E-state index is -0.648. The maximum Gasteiger partial charge on any atom is 0.209 e. The van der Waals surface area contributed by atoms with Crippen LogP contribution in [-0.2, 0) is 0 Å². The summed E-state index contributed by atoms with van der Waals surface area (Å²) in [5.74, 6) is -1.25. The van der Waals surface area contributed by atoms with E-state index in [1.54, 1.807) is 16.9 Å². The molecule has 7 heteroatoms. The summed E-state index contributed by atoms with van der Waals surface area (Å²) in [5.41, 5.74) is 0.846. The fourth-order valence-corrected chi connectivity index (χ4v) is 2.64. The van der Waals surface area contributed by atoms with Gasteiger partial charge in [0.2, 0.25) is 5.43 Å². The summed E-state index contributed by atoms with van der Waals surface area (Å²) >= 11 is 0. The molecule has 0 saturated heterocycles. The number of para-hydroxylation sites is 1. The topological polar surface area (TPSA) is 52.7 Å². The van der Waals surface area contributed by atoms with Crippen LogP contribution in [0.15, 0.2) is 77.9 Å². The van der Waals surface area contributed by atoms with Crippen molar-refractivity contribution >= 4 is 0 Å². The van der Waals surface area contributed by atoms with E-state index in [4.69, 9.17) is 0 Å². The molecule has 0 fully saturated rings. The molecule has 2 aromatic carbocycles. The van der Waals surface area contributed by atoms with Crippen molar-refractivity contribution in [3.05, 3.63) is 94.9 Å². The molecule has 5 nitrogen and oxygen atoms in total. The number of hydrogen-bond acceptors (Lipinski definition) is 3. The Bertz CT molecular complexity index is 1140. The third kappa shape index (κ3) is 2.79. The van der Waals surface area contributed by atoms with Gasteiger partial charge in [-0.2, -0.15) is 10.2 Å². The molecule has 128 valence electrons. The number of aromatic nitrogens is 4. The van der Waals surface area contributed by atoms with Crippen LogP contribution in [0.2, 0.25) is 0 Å². The van der Waals surface area contributed by atoms with E-state index in [-0.39, 0.29) is 16.8 Å². The number of halogens is 2. The van der Waals surface area contributed by atoms with Crippen molar-refractivity contribution in [3.63, 3.8) is 0 Å². The molecule has 26 heavy (non-hydrogen) atoms. The van der Waals surface area contributed by atoms with Gasteiger partial charge in [-0.05, 0) is 30.3 Å². The SMILES string of the molecule is O=c1ccn(-c2cc(F)ccc2F)nc1-c1ccnn1-c1ccccc1. The highest BCUT2D eigenvalue weighted by Crippen LogP contribution is 2.19. The van der Waals surface area contributed by atoms with Crippen molar-refractivity contribution < 1.29 is 8.78 Å². The highest BCUT2D eigenvalue weighted by Gasteiger charge is 2.15. The van der Waals surface area contributed by atoms with E-state index in [1.807, 2.05) is 30.3 Å². The minimum Gasteiger partial charge on any atom is -0.287 e. The second-order valence-corrected chi connectivity index (χ2v) is 5.53. The Kier molecular flexibility index (Phi) is 3.89. The van der Waals surface area contributed by atoms with Crippen molar-refractivity contribution in [3.8, 4) is 22.8 Å². The summed E-state index contributed by atoms with van der Waals surface area (Å²) in [7, 11) is 0. The van der Waals surface area contributed by atoms with E-state index in [2.05, 4.69) is 10.2 Å². The van der Waals surface area contributed by atoms with E-state index in [0.717, 1.165) is 28.6 Å². The first kappa shape index (κ1) is 15.9. The zero-order valence-electron chi connectivity index (χ0n) is 13.4. The molecule has 2 aromatic heterocycles. The van der Waals surface area contributed by atoms with Gasteiger partial charge in [0, 0.05) is 18.3 Å². The van der Waals surface area contributed by atoms with Crippen LogP contribution in [0.4, 0.5) is 8.78 Å². The van der Waals surface area contributed by atoms with Crippen LogP contribution in [0.1, 0.15) is 0 Å². The average Bonchev–Trinajstić information content (AvgIpc) is 3.14. The molecule has 4 rings (SSSR count). The van der Waals surface area contributed by atoms with Gasteiger partial charge in [-0.15, -0.1) is 0 Å². The quantitative estimate of drug-likeness (QED) is 0.569. The number of nitrogens with zero attached hydrogens (tertiary/aromatic N) is 4. The van der Waals surface area contributed by atoms with Crippen molar-refractivity contribution in [1.82, 2.24) is 19.6 Å². The zero-order valence-corrected chi connectivity index (χ0v) is 13.4. The van der Waals surface area contributed by atoms with E-state index in [0.29, 0.717) is 5.69 Å². The lowest BCUT2D eigenvalue weighted by molar-refractivity contribution is 0.585. The van der Waals surface area contributed by atoms with Crippen LogP contribution < -0.4 is 5.43 Å². The Hall–Kier alpha value is -3.61. The van der Waals surface area contributed by atoms with Gasteiger partial charge in [-0.3, -0.25) is 4.79 Å². The molecule has 0 aliphatic rings. The van der Waals surface area contributed by atoms with E-state index in [1.165, 1.54) is 12.3 Å². The minimum absolute atomic E-state index is 0.0810. The largest absolute Gasteiger partial charge is 0.287 e. The summed E-state index contributed by atoms with van der Waals surface area (Å²) in [4.78, 5) is 12.4. The Morgan fingerprint density at radius 1 is 0.923 bits per heavy atom. The van der Waals surface area contributed by atoms with Gasteiger partial charge in [0.25, 0.3) is 0 Å². The fourth-order valence-electron chi connectivity index (χ4n) is 2.64. The third-order valence-corrected chi connectivity index (χ3v) is 3.85. The Morgan fingerprint density at radius 3 is 2.54 bits per heavy atom. The van der Waals surface area contributed by atoms with E-state index in [9.17, 15) is 13.6 Å². The molecule has 0 N–H and O–H groups in total. The molecule has 0 radical (unpaired) electrons. The average molecular weight is 350 g/mol. The number of rotatable bonds is 3. The van der Waals surface area contributed by atoms with Crippen LogP contribution in [0.5, 0.6) is 0 Å². The third-order valence-electron chi connectivity index (χ3n) is 3.85. The lowest BCUT2D eigenvalue weighted by atomic mass is 10.2. The molecule has 0 saturated carbocycles. The first-order valence-corrected chi connectivity index (χ1v) is 7.79. The lowest BCUT2D eigenvalue weighted by Gasteiger charge is -2.10. The maximum absolute atomic E-state index is 14.1. The first-order chi connectivity index (χ1) is 12.6. The normalized spacial score (nSPS) is 10.8. The number of benzene rings is 2. The summed E-state index contributed by atoms with van der Waals surface area (Å²) in [6, 6.07) is 15.2. The molecule has 0 amide bonds. The lowest BCUT2D eigenvalue weighted by Crippen LogP contribution is -2.15. The second-order valence-electron chi connectivity index (χ2n) is 5.53. The smallest absolute Gasteiger partial charge is 0.209 e. The number of hydrogen-bond donors (Lipinski definition) is 0. The molecule has 0 bridgehead atoms. The summed E-state index contributed by atoms with van der Waals surface area (Å²) in [6.07, 6.45) is 2.84. The van der Waals surface area contributed by atoms with Crippen molar-refractivity contribution in [2.45, 2.75) is 0 Å². The highest BCUT2D eigenvalue weighted by atomic mass is 19.1. The molecule has 0 aliphatic carbocycles. The van der Waals surface area contributed by atoms with Gasteiger partial charge < -0.3 is 0 Å². The molecular formula is C19H12F2N4O. The van der Waals surface area contributed by atoms with Gasteiger partial charge in [0.1, 0.15) is 17.3 Å². The molecule has 4 aromatic rings. The summed E-state index contributed by atoms with van der Waals surface area (Å²) in [5, 5.41) is 8.44. The van der Waals surface area contributed by atoms with Gasteiger partial charge in [-0.1, -0.05) is 18.2 Å². The molecule has 0 atom stereocenters. The fraction of sp³-hybridized carbons (Fsp3) is 0. The Labute approximate surface area is 146 Å². The van der Waals surface area contributed by atoms with Crippen LogP contribution in [-0.4, -0.2) is 19.6 Å². The van der Waals surface area contributed by atoms with E-state index < -0.39 is 11.6 Å². The predicted octanol–water partition coefficient (Wildman–Crippen LogP) is 3.36. The molecule has 0 spiro atoms. The van der Waals surface area contributed by atoms with Gasteiger partial charge in [0.05, 0.1) is 17.6 Å². The van der Waals surface area contributed by atoms with Crippen LogP contribution in [0, 0.1) is 11.6 Å². The molecule has 0 unspecified atom stereocenters. The summed E-state index contributed by atoms with van der Waals surface area (Å²) < 4.78 is 30.2. The zero-order chi connectivity index (χ0) is 18.1. The van der Waals surface area contributed by atoms with Crippen LogP contribution in [0.3, 0.4) is 0 Å². The van der Waals surface area contributed by atoms with Gasteiger partial charge in [-0.25, -0.2) is 18.1 Å².